The molecule has 0 radical (unpaired) electrons. The van der Waals surface area contributed by atoms with Crippen LogP contribution >= 0.6 is 0 Å². The molecule has 5 nitrogen and oxygen atoms in total. The van der Waals surface area contributed by atoms with Gasteiger partial charge in [0.05, 0.1) is 17.6 Å². The zero-order valence-corrected chi connectivity index (χ0v) is 17.1. The molecule has 1 aliphatic carbocycles. The van der Waals surface area contributed by atoms with Crippen molar-refractivity contribution >= 4 is 11.4 Å². The molecular weight excluding hydrogens is 388 g/mol. The number of allylic oxidation sites excluding steroid dienone is 2. The van der Waals surface area contributed by atoms with E-state index in [0.29, 0.717) is 18.4 Å². The lowest BCUT2D eigenvalue weighted by atomic mass is 9.77. The highest BCUT2D eigenvalue weighted by Crippen LogP contribution is 2.50. The van der Waals surface area contributed by atoms with Gasteiger partial charge >= 0.3 is 0 Å². The average molecular weight is 412 g/mol. The second-order valence-corrected chi connectivity index (χ2v) is 8.16. The average Bonchev–Trinajstić information content (AvgIpc) is 3.30. The van der Waals surface area contributed by atoms with Crippen molar-refractivity contribution in [1.29, 1.82) is 0 Å². The molecule has 3 atom stereocenters. The molecule has 0 saturated heterocycles. The second kappa shape index (κ2) is 8.26. The van der Waals surface area contributed by atoms with Crippen molar-refractivity contribution in [2.75, 3.05) is 11.9 Å². The molecular formula is C26H24N2O3. The highest BCUT2D eigenvalue weighted by molar-refractivity contribution is 5.62. The van der Waals surface area contributed by atoms with Gasteiger partial charge in [-0.1, -0.05) is 54.6 Å². The fourth-order valence-electron chi connectivity index (χ4n) is 4.73. The summed E-state index contributed by atoms with van der Waals surface area (Å²) in [5.41, 5.74) is 4.84. The summed E-state index contributed by atoms with van der Waals surface area (Å²) in [5.74, 6) is 1.59. The van der Waals surface area contributed by atoms with E-state index >= 15 is 0 Å². The highest BCUT2D eigenvalue weighted by atomic mass is 16.6. The van der Waals surface area contributed by atoms with Gasteiger partial charge in [0.25, 0.3) is 5.69 Å². The van der Waals surface area contributed by atoms with E-state index < -0.39 is 0 Å². The molecule has 2 aliphatic rings. The smallest absolute Gasteiger partial charge is 0.269 e. The Morgan fingerprint density at radius 3 is 2.61 bits per heavy atom. The predicted octanol–water partition coefficient (Wildman–Crippen LogP) is 6.04. The molecule has 0 saturated carbocycles. The first-order valence-electron chi connectivity index (χ1n) is 10.7. The van der Waals surface area contributed by atoms with Gasteiger partial charge in [-0.2, -0.15) is 0 Å². The molecule has 1 aliphatic heterocycles. The topological polar surface area (TPSA) is 64.4 Å². The van der Waals surface area contributed by atoms with Crippen molar-refractivity contribution < 1.29 is 9.66 Å². The minimum atomic E-state index is -0.355. The van der Waals surface area contributed by atoms with Gasteiger partial charge in [-0.15, -0.1) is 0 Å². The number of anilines is 1. The maximum absolute atomic E-state index is 11.0. The molecule has 3 unspecified atom stereocenters. The van der Waals surface area contributed by atoms with Crippen LogP contribution in [0.5, 0.6) is 5.75 Å². The van der Waals surface area contributed by atoms with Gasteiger partial charge in [0.15, 0.2) is 0 Å². The van der Waals surface area contributed by atoms with Crippen LogP contribution in [-0.4, -0.2) is 11.5 Å². The van der Waals surface area contributed by atoms with Gasteiger partial charge < -0.3 is 10.1 Å². The Morgan fingerprint density at radius 1 is 1.03 bits per heavy atom. The second-order valence-electron chi connectivity index (χ2n) is 8.16. The zero-order chi connectivity index (χ0) is 21.2. The normalized spacial score (nSPS) is 21.1. The number of nitro groups is 1. The van der Waals surface area contributed by atoms with Gasteiger partial charge in [-0.05, 0) is 47.2 Å². The van der Waals surface area contributed by atoms with E-state index in [9.17, 15) is 10.1 Å². The Bertz CT molecular complexity index is 1110. The van der Waals surface area contributed by atoms with Crippen LogP contribution in [0.2, 0.25) is 0 Å². The van der Waals surface area contributed by atoms with Crippen LogP contribution in [-0.2, 0) is 6.42 Å². The zero-order valence-electron chi connectivity index (χ0n) is 17.1. The Hall–Kier alpha value is -3.60. The number of fused-ring (bicyclic) bond motifs is 3. The molecule has 3 aromatic rings. The van der Waals surface area contributed by atoms with Gasteiger partial charge in [-0.25, -0.2) is 0 Å². The fraction of sp³-hybridized carbons (Fsp3) is 0.231. The van der Waals surface area contributed by atoms with Crippen LogP contribution in [0.15, 0.2) is 84.9 Å². The van der Waals surface area contributed by atoms with Gasteiger partial charge in [0.2, 0.25) is 0 Å². The quantitative estimate of drug-likeness (QED) is 0.304. The Kier molecular flexibility index (Phi) is 5.16. The molecule has 0 fully saturated rings. The summed E-state index contributed by atoms with van der Waals surface area (Å²) in [6, 6.07) is 23.7. The number of hydrogen-bond acceptors (Lipinski definition) is 4. The van der Waals surface area contributed by atoms with Crippen LogP contribution in [0.3, 0.4) is 0 Å². The molecule has 0 spiro atoms. The van der Waals surface area contributed by atoms with E-state index in [-0.39, 0.29) is 16.7 Å². The summed E-state index contributed by atoms with van der Waals surface area (Å²) in [4.78, 5) is 10.6. The minimum absolute atomic E-state index is 0.123. The van der Waals surface area contributed by atoms with Crippen molar-refractivity contribution in [3.63, 3.8) is 0 Å². The summed E-state index contributed by atoms with van der Waals surface area (Å²) in [6.07, 6.45) is 6.39. The van der Waals surface area contributed by atoms with Crippen LogP contribution in [0.4, 0.5) is 11.4 Å². The van der Waals surface area contributed by atoms with Crippen molar-refractivity contribution in [2.24, 2.45) is 5.92 Å². The molecule has 0 aromatic heterocycles. The Labute approximate surface area is 181 Å². The SMILES string of the molecule is O=[N+]([O-])c1ccc(C2Nc3ccc(OCCc4ccccc4)cc3C3C=CCC32)cc1. The molecule has 31 heavy (non-hydrogen) atoms. The number of non-ortho nitro benzene ring substituents is 1. The maximum atomic E-state index is 11.0. The number of ether oxygens (including phenoxy) is 1. The Morgan fingerprint density at radius 2 is 1.84 bits per heavy atom. The van der Waals surface area contributed by atoms with E-state index in [2.05, 4.69) is 41.7 Å². The number of benzene rings is 3. The van der Waals surface area contributed by atoms with Crippen LogP contribution in [0, 0.1) is 16.0 Å². The van der Waals surface area contributed by atoms with Crippen molar-refractivity contribution in [3.05, 3.63) is 112 Å². The van der Waals surface area contributed by atoms with E-state index in [4.69, 9.17) is 4.74 Å². The van der Waals surface area contributed by atoms with Gasteiger partial charge in [0, 0.05) is 30.2 Å². The third-order valence-corrected chi connectivity index (χ3v) is 6.30. The minimum Gasteiger partial charge on any atom is -0.493 e. The summed E-state index contributed by atoms with van der Waals surface area (Å²) >= 11 is 0. The molecule has 5 heteroatoms. The standard InChI is InChI=1S/C26H24N2O3/c29-28(30)20-11-9-19(10-12-20)26-23-8-4-7-22(23)24-17-21(13-14-25(24)27-26)31-16-15-18-5-2-1-3-6-18/h1-7,9-14,17,22-23,26-27H,8,15-16H2. The summed E-state index contributed by atoms with van der Waals surface area (Å²) in [7, 11) is 0. The summed E-state index contributed by atoms with van der Waals surface area (Å²) < 4.78 is 6.06. The lowest BCUT2D eigenvalue weighted by molar-refractivity contribution is -0.384. The first-order chi connectivity index (χ1) is 15.2. The fourth-order valence-corrected chi connectivity index (χ4v) is 4.73. The first-order valence-corrected chi connectivity index (χ1v) is 10.7. The number of nitro benzene ring substituents is 1. The first kappa shape index (κ1) is 19.4. The molecule has 3 aromatic carbocycles. The van der Waals surface area contributed by atoms with E-state index in [0.717, 1.165) is 29.8 Å². The van der Waals surface area contributed by atoms with Crippen LogP contribution in [0.1, 0.15) is 35.1 Å². The largest absolute Gasteiger partial charge is 0.493 e. The number of hydrogen-bond donors (Lipinski definition) is 1. The molecule has 0 amide bonds. The third-order valence-electron chi connectivity index (χ3n) is 6.30. The van der Waals surface area contributed by atoms with Gasteiger partial charge in [0.1, 0.15) is 5.75 Å². The van der Waals surface area contributed by atoms with Crippen LogP contribution < -0.4 is 10.1 Å². The van der Waals surface area contributed by atoms with E-state index in [1.807, 2.05) is 36.4 Å². The van der Waals surface area contributed by atoms with E-state index in [1.54, 1.807) is 12.1 Å². The van der Waals surface area contributed by atoms with E-state index in [1.165, 1.54) is 11.1 Å². The molecule has 1 N–H and O–H groups in total. The number of nitrogens with zero attached hydrogens (tertiary/aromatic N) is 1. The van der Waals surface area contributed by atoms with Crippen LogP contribution in [0.25, 0.3) is 0 Å². The summed E-state index contributed by atoms with van der Waals surface area (Å²) in [6.45, 7) is 0.644. The third kappa shape index (κ3) is 3.91. The maximum Gasteiger partial charge on any atom is 0.269 e. The number of rotatable bonds is 6. The number of nitrogens with one attached hydrogen (secondary N) is 1. The van der Waals surface area contributed by atoms with Crippen molar-refractivity contribution in [2.45, 2.75) is 24.8 Å². The molecule has 156 valence electrons. The molecule has 5 rings (SSSR count). The monoisotopic (exact) mass is 412 g/mol. The van der Waals surface area contributed by atoms with Crippen molar-refractivity contribution in [3.8, 4) is 5.75 Å². The summed E-state index contributed by atoms with van der Waals surface area (Å²) in [5, 5.41) is 14.7. The highest BCUT2D eigenvalue weighted by Gasteiger charge is 2.38. The molecule has 0 bridgehead atoms. The molecule has 1 heterocycles. The lowest BCUT2D eigenvalue weighted by Crippen LogP contribution is -2.29. The predicted molar refractivity (Wildman–Crippen MR) is 122 cm³/mol. The van der Waals surface area contributed by atoms with Gasteiger partial charge in [-0.3, -0.25) is 10.1 Å². The van der Waals surface area contributed by atoms with Crippen molar-refractivity contribution in [1.82, 2.24) is 0 Å². The Balaban J connectivity index is 1.34. The lowest BCUT2D eigenvalue weighted by Gasteiger charge is -2.37.